The lowest BCUT2D eigenvalue weighted by atomic mass is 10.2. The number of nitrogens with zero attached hydrogens (tertiary/aromatic N) is 4. The smallest absolute Gasteiger partial charge is 0.272 e. The van der Waals surface area contributed by atoms with E-state index < -0.39 is 0 Å². The van der Waals surface area contributed by atoms with Gasteiger partial charge >= 0.3 is 0 Å². The van der Waals surface area contributed by atoms with Crippen molar-refractivity contribution in [2.75, 3.05) is 24.3 Å². The zero-order valence-electron chi connectivity index (χ0n) is 18.0. The third-order valence-electron chi connectivity index (χ3n) is 5.37. The molecule has 1 N–H and O–H groups in total. The molecule has 1 saturated heterocycles. The van der Waals surface area contributed by atoms with Crippen molar-refractivity contribution in [3.63, 3.8) is 0 Å². The number of carbonyl (C=O) groups excluding carboxylic acids is 1. The number of carbonyl (C=O) groups is 1. The Kier molecular flexibility index (Phi) is 6.34. The molecule has 1 amide bonds. The van der Waals surface area contributed by atoms with Gasteiger partial charge in [0.25, 0.3) is 5.56 Å². The standard InChI is InChI=1S/C22H23N5O4S2/c1-2-30-15-7-5-14(6-8-15)23-18(28)13-33-22-25-24-21-26(12-16-4-3-10-31-16)20(29)19-17(27(21)22)9-11-32-19/h5-9,11,16H,2-4,10,12-13H2,1H3,(H,23,28)/t16-/m1/s1. The summed E-state index contributed by atoms with van der Waals surface area (Å²) >= 11 is 2.68. The number of thioether (sulfide) groups is 1. The largest absolute Gasteiger partial charge is 0.494 e. The summed E-state index contributed by atoms with van der Waals surface area (Å²) in [5.74, 6) is 1.23. The average Bonchev–Trinajstić information content (AvgIpc) is 3.57. The van der Waals surface area contributed by atoms with Gasteiger partial charge in [0.05, 0.1) is 30.5 Å². The van der Waals surface area contributed by atoms with Gasteiger partial charge < -0.3 is 14.8 Å². The summed E-state index contributed by atoms with van der Waals surface area (Å²) in [6, 6.07) is 9.13. The number of hydrogen-bond donors (Lipinski definition) is 1. The highest BCUT2D eigenvalue weighted by Gasteiger charge is 2.23. The molecule has 11 heteroatoms. The molecule has 4 heterocycles. The van der Waals surface area contributed by atoms with Gasteiger partial charge in [-0.1, -0.05) is 11.8 Å². The number of nitrogens with one attached hydrogen (secondary N) is 1. The van der Waals surface area contributed by atoms with Crippen LogP contribution in [-0.4, -0.2) is 50.1 Å². The van der Waals surface area contributed by atoms with Gasteiger partial charge in [-0.15, -0.1) is 21.5 Å². The van der Waals surface area contributed by atoms with Crippen molar-refractivity contribution in [1.29, 1.82) is 0 Å². The fourth-order valence-electron chi connectivity index (χ4n) is 3.88. The second kappa shape index (κ2) is 9.54. The molecule has 172 valence electrons. The van der Waals surface area contributed by atoms with Crippen LogP contribution in [-0.2, 0) is 16.1 Å². The molecule has 4 aromatic rings. The lowest BCUT2D eigenvalue weighted by molar-refractivity contribution is -0.113. The maximum absolute atomic E-state index is 13.1. The first-order valence-electron chi connectivity index (χ1n) is 10.8. The highest BCUT2D eigenvalue weighted by Crippen LogP contribution is 2.25. The van der Waals surface area contributed by atoms with Gasteiger partial charge in [-0.25, -0.2) is 0 Å². The van der Waals surface area contributed by atoms with Crippen LogP contribution in [0.1, 0.15) is 19.8 Å². The predicted molar refractivity (Wildman–Crippen MR) is 129 cm³/mol. The zero-order chi connectivity index (χ0) is 22.8. The van der Waals surface area contributed by atoms with E-state index in [4.69, 9.17) is 9.47 Å². The molecule has 9 nitrogen and oxygen atoms in total. The molecule has 0 radical (unpaired) electrons. The van der Waals surface area contributed by atoms with Gasteiger partial charge in [0.2, 0.25) is 11.7 Å². The molecule has 33 heavy (non-hydrogen) atoms. The van der Waals surface area contributed by atoms with Crippen molar-refractivity contribution < 1.29 is 14.3 Å². The molecule has 3 aromatic heterocycles. The highest BCUT2D eigenvalue weighted by atomic mass is 32.2. The van der Waals surface area contributed by atoms with Gasteiger partial charge in [0.15, 0.2) is 5.16 Å². The summed E-state index contributed by atoms with van der Waals surface area (Å²) in [5, 5.41) is 13.9. The lowest BCUT2D eigenvalue weighted by Crippen LogP contribution is -2.28. The van der Waals surface area contributed by atoms with E-state index in [9.17, 15) is 9.59 Å². The normalized spacial score (nSPS) is 16.0. The third kappa shape index (κ3) is 4.48. The van der Waals surface area contributed by atoms with Crippen LogP contribution in [0, 0.1) is 0 Å². The Morgan fingerprint density at radius 3 is 2.91 bits per heavy atom. The number of hydrogen-bond acceptors (Lipinski definition) is 8. The molecule has 0 saturated carbocycles. The molecule has 1 atom stereocenters. The minimum absolute atomic E-state index is 0.00314. The van der Waals surface area contributed by atoms with Gasteiger partial charge in [0, 0.05) is 12.3 Å². The Bertz CT molecular complexity index is 1340. The molecule has 0 unspecified atom stereocenters. The van der Waals surface area contributed by atoms with E-state index in [1.165, 1.54) is 23.1 Å². The number of aromatic nitrogens is 4. The summed E-state index contributed by atoms with van der Waals surface area (Å²) in [4.78, 5) is 25.6. The van der Waals surface area contributed by atoms with Gasteiger partial charge in [-0.05, 0) is 55.5 Å². The molecule has 1 aliphatic heterocycles. The van der Waals surface area contributed by atoms with Crippen LogP contribution < -0.4 is 15.6 Å². The highest BCUT2D eigenvalue weighted by molar-refractivity contribution is 7.99. The molecular weight excluding hydrogens is 462 g/mol. The third-order valence-corrected chi connectivity index (χ3v) is 7.19. The minimum Gasteiger partial charge on any atom is -0.494 e. The summed E-state index contributed by atoms with van der Waals surface area (Å²) in [5.41, 5.74) is 1.36. The fraction of sp³-hybridized carbons (Fsp3) is 0.364. The predicted octanol–water partition coefficient (Wildman–Crippen LogP) is 3.41. The van der Waals surface area contributed by atoms with Gasteiger partial charge in [-0.3, -0.25) is 18.6 Å². The number of fused-ring (bicyclic) bond motifs is 3. The second-order valence-electron chi connectivity index (χ2n) is 7.60. The van der Waals surface area contributed by atoms with Crippen LogP contribution in [0.3, 0.4) is 0 Å². The Hall–Kier alpha value is -2.89. The molecule has 1 aromatic carbocycles. The maximum atomic E-state index is 13.1. The van der Waals surface area contributed by atoms with E-state index in [1.807, 2.05) is 34.9 Å². The van der Waals surface area contributed by atoms with E-state index >= 15 is 0 Å². The average molecular weight is 486 g/mol. The quantitative estimate of drug-likeness (QED) is 0.382. The minimum atomic E-state index is -0.157. The maximum Gasteiger partial charge on any atom is 0.272 e. The van der Waals surface area contributed by atoms with Crippen LogP contribution in [0.25, 0.3) is 16.0 Å². The van der Waals surface area contributed by atoms with Crippen molar-refractivity contribution in [2.24, 2.45) is 0 Å². The molecule has 0 bridgehead atoms. The van der Waals surface area contributed by atoms with Crippen LogP contribution in [0.5, 0.6) is 5.75 Å². The topological polar surface area (TPSA) is 99.8 Å². The fourth-order valence-corrected chi connectivity index (χ4v) is 5.44. The lowest BCUT2D eigenvalue weighted by Gasteiger charge is -2.13. The van der Waals surface area contributed by atoms with E-state index in [0.29, 0.717) is 41.1 Å². The summed E-state index contributed by atoms with van der Waals surface area (Å²) in [6.07, 6.45) is 1.91. The molecule has 5 rings (SSSR count). The van der Waals surface area contributed by atoms with Crippen molar-refractivity contribution >= 4 is 50.7 Å². The summed E-state index contributed by atoms with van der Waals surface area (Å²) in [7, 11) is 0. The van der Waals surface area contributed by atoms with Crippen molar-refractivity contribution in [1.82, 2.24) is 19.2 Å². The van der Waals surface area contributed by atoms with Crippen LogP contribution in [0.15, 0.2) is 45.7 Å². The molecule has 0 spiro atoms. The van der Waals surface area contributed by atoms with E-state index in [0.717, 1.165) is 24.1 Å². The van der Waals surface area contributed by atoms with Crippen LogP contribution >= 0.6 is 23.1 Å². The number of benzene rings is 1. The number of anilines is 1. The summed E-state index contributed by atoms with van der Waals surface area (Å²) in [6.45, 7) is 3.67. The molecule has 1 fully saturated rings. The van der Waals surface area contributed by atoms with Crippen LogP contribution in [0.2, 0.25) is 0 Å². The number of rotatable bonds is 8. The monoisotopic (exact) mass is 485 g/mol. The first-order valence-corrected chi connectivity index (χ1v) is 12.6. The van der Waals surface area contributed by atoms with E-state index in [2.05, 4.69) is 15.5 Å². The second-order valence-corrected chi connectivity index (χ2v) is 9.46. The number of thiophene rings is 1. The Morgan fingerprint density at radius 2 is 2.15 bits per heavy atom. The number of amides is 1. The Labute approximate surface area is 197 Å². The summed E-state index contributed by atoms with van der Waals surface area (Å²) < 4.78 is 15.3. The van der Waals surface area contributed by atoms with Crippen molar-refractivity contribution in [2.45, 2.75) is 37.6 Å². The van der Waals surface area contributed by atoms with Crippen molar-refractivity contribution in [3.8, 4) is 5.75 Å². The van der Waals surface area contributed by atoms with Gasteiger partial charge in [-0.2, -0.15) is 0 Å². The first kappa shape index (κ1) is 21.9. The zero-order valence-corrected chi connectivity index (χ0v) is 19.7. The van der Waals surface area contributed by atoms with E-state index in [1.54, 1.807) is 16.7 Å². The SMILES string of the molecule is CCOc1ccc(NC(=O)CSc2nnc3n(C[C@H]4CCCO4)c(=O)c4sccc4n23)cc1. The number of ether oxygens (including phenoxy) is 2. The molecule has 1 aliphatic rings. The van der Waals surface area contributed by atoms with E-state index in [-0.39, 0.29) is 23.3 Å². The molecular formula is C22H23N5O4S2. The molecule has 0 aliphatic carbocycles. The first-order chi connectivity index (χ1) is 16.1. The van der Waals surface area contributed by atoms with Crippen molar-refractivity contribution in [3.05, 3.63) is 46.1 Å². The Morgan fingerprint density at radius 1 is 1.30 bits per heavy atom. The Balaban J connectivity index is 1.37. The van der Waals surface area contributed by atoms with Gasteiger partial charge in [0.1, 0.15) is 10.4 Å². The van der Waals surface area contributed by atoms with Crippen LogP contribution in [0.4, 0.5) is 5.69 Å².